The van der Waals surface area contributed by atoms with Gasteiger partial charge in [-0.05, 0) is 37.6 Å². The fourth-order valence-electron chi connectivity index (χ4n) is 1.57. The maximum Gasteiger partial charge on any atom is 0.315 e. The number of benzene rings is 1. The minimum absolute atomic E-state index is 0.0861. The molecular formula is C13H13N3O4. The van der Waals surface area contributed by atoms with Gasteiger partial charge >= 0.3 is 11.8 Å². The van der Waals surface area contributed by atoms with Crippen molar-refractivity contribution in [1.82, 2.24) is 5.16 Å². The minimum Gasteiger partial charge on any atom is -0.508 e. The van der Waals surface area contributed by atoms with E-state index < -0.39 is 11.8 Å². The zero-order valence-electron chi connectivity index (χ0n) is 10.9. The molecule has 0 radical (unpaired) electrons. The van der Waals surface area contributed by atoms with Crippen LogP contribution in [0.25, 0.3) is 0 Å². The molecule has 0 aliphatic rings. The standard InChI is InChI=1S/C13H13N3O4/c1-7-5-9(17)3-4-10(7)14-12(18)13(19)15-11-6-8(2)20-16-11/h3-6,17H,1-2H3,(H,14,18)(H,15,16,19). The number of nitrogens with zero attached hydrogens (tertiary/aromatic N) is 1. The van der Waals surface area contributed by atoms with E-state index in [0.717, 1.165) is 0 Å². The third-order valence-electron chi connectivity index (χ3n) is 2.53. The van der Waals surface area contributed by atoms with Crippen LogP contribution in [0, 0.1) is 13.8 Å². The number of aryl methyl sites for hydroxylation is 2. The van der Waals surface area contributed by atoms with Crippen molar-refractivity contribution >= 4 is 23.3 Å². The summed E-state index contributed by atoms with van der Waals surface area (Å²) in [5.74, 6) is -0.909. The van der Waals surface area contributed by atoms with Crippen molar-refractivity contribution in [1.29, 1.82) is 0 Å². The maximum atomic E-state index is 11.7. The van der Waals surface area contributed by atoms with E-state index in [1.807, 2.05) is 0 Å². The molecule has 0 saturated heterocycles. The zero-order valence-corrected chi connectivity index (χ0v) is 10.9. The second-order valence-electron chi connectivity index (χ2n) is 4.23. The van der Waals surface area contributed by atoms with E-state index in [1.54, 1.807) is 13.8 Å². The summed E-state index contributed by atoms with van der Waals surface area (Å²) in [6.07, 6.45) is 0. The van der Waals surface area contributed by atoms with Crippen molar-refractivity contribution in [3.63, 3.8) is 0 Å². The molecule has 104 valence electrons. The molecule has 0 fully saturated rings. The quantitative estimate of drug-likeness (QED) is 0.570. The molecule has 7 nitrogen and oxygen atoms in total. The summed E-state index contributed by atoms with van der Waals surface area (Å²) in [5, 5.41) is 17.6. The first-order valence-corrected chi connectivity index (χ1v) is 5.81. The molecule has 20 heavy (non-hydrogen) atoms. The van der Waals surface area contributed by atoms with Crippen molar-refractivity contribution in [2.75, 3.05) is 10.6 Å². The molecule has 1 aromatic carbocycles. The predicted molar refractivity (Wildman–Crippen MR) is 71.3 cm³/mol. The van der Waals surface area contributed by atoms with Crippen LogP contribution in [0.15, 0.2) is 28.8 Å². The van der Waals surface area contributed by atoms with E-state index in [4.69, 9.17) is 4.52 Å². The molecule has 0 atom stereocenters. The van der Waals surface area contributed by atoms with Gasteiger partial charge in [-0.25, -0.2) is 0 Å². The molecule has 7 heteroatoms. The lowest BCUT2D eigenvalue weighted by molar-refractivity contribution is -0.133. The number of phenolic OH excluding ortho intramolecular Hbond substituents is 1. The van der Waals surface area contributed by atoms with Gasteiger partial charge in [0.15, 0.2) is 5.82 Å². The highest BCUT2D eigenvalue weighted by Crippen LogP contribution is 2.20. The lowest BCUT2D eigenvalue weighted by Crippen LogP contribution is -2.29. The summed E-state index contributed by atoms with van der Waals surface area (Å²) in [6, 6.07) is 5.91. The van der Waals surface area contributed by atoms with E-state index in [0.29, 0.717) is 17.0 Å². The molecule has 0 aliphatic carbocycles. The van der Waals surface area contributed by atoms with Gasteiger partial charge in [-0.1, -0.05) is 5.16 Å². The summed E-state index contributed by atoms with van der Waals surface area (Å²) in [6.45, 7) is 3.37. The Bertz CT molecular complexity index is 663. The average molecular weight is 275 g/mol. The Morgan fingerprint density at radius 2 is 1.85 bits per heavy atom. The van der Waals surface area contributed by atoms with Gasteiger partial charge < -0.3 is 14.9 Å². The number of phenols is 1. The molecule has 0 saturated carbocycles. The van der Waals surface area contributed by atoms with Gasteiger partial charge in [0.2, 0.25) is 0 Å². The number of aromatic nitrogens is 1. The number of carbonyl (C=O) groups excluding carboxylic acids is 2. The largest absolute Gasteiger partial charge is 0.508 e. The highest BCUT2D eigenvalue weighted by Gasteiger charge is 2.16. The Morgan fingerprint density at radius 3 is 2.45 bits per heavy atom. The number of hydrogen-bond donors (Lipinski definition) is 3. The first-order chi connectivity index (χ1) is 9.45. The van der Waals surface area contributed by atoms with Crippen molar-refractivity contribution in [2.24, 2.45) is 0 Å². The Labute approximate surface area is 114 Å². The van der Waals surface area contributed by atoms with Crippen LogP contribution in [0.4, 0.5) is 11.5 Å². The van der Waals surface area contributed by atoms with Crippen LogP contribution in [-0.2, 0) is 9.59 Å². The summed E-state index contributed by atoms with van der Waals surface area (Å²) in [4.78, 5) is 23.4. The Kier molecular flexibility index (Phi) is 3.69. The molecule has 3 N–H and O–H groups in total. The van der Waals surface area contributed by atoms with Crippen LogP contribution in [0.2, 0.25) is 0 Å². The predicted octanol–water partition coefficient (Wildman–Crippen LogP) is 1.57. The number of hydrogen-bond acceptors (Lipinski definition) is 5. The lowest BCUT2D eigenvalue weighted by Gasteiger charge is -2.07. The number of amides is 2. The van der Waals surface area contributed by atoms with Gasteiger partial charge in [-0.3, -0.25) is 14.9 Å². The van der Waals surface area contributed by atoms with Gasteiger partial charge in [0.25, 0.3) is 0 Å². The summed E-state index contributed by atoms with van der Waals surface area (Å²) in [7, 11) is 0. The first kappa shape index (κ1) is 13.6. The third kappa shape index (κ3) is 3.14. The fourth-order valence-corrected chi connectivity index (χ4v) is 1.57. The average Bonchev–Trinajstić information content (AvgIpc) is 2.78. The van der Waals surface area contributed by atoms with Crippen LogP contribution in [0.1, 0.15) is 11.3 Å². The van der Waals surface area contributed by atoms with Gasteiger partial charge in [0, 0.05) is 11.8 Å². The maximum absolute atomic E-state index is 11.7. The van der Waals surface area contributed by atoms with Crippen LogP contribution in [-0.4, -0.2) is 22.1 Å². The normalized spacial score (nSPS) is 10.1. The number of rotatable bonds is 2. The number of aromatic hydroxyl groups is 1. The Hall–Kier alpha value is -2.83. The fraction of sp³-hybridized carbons (Fsp3) is 0.154. The summed E-state index contributed by atoms with van der Waals surface area (Å²) < 4.78 is 4.77. The van der Waals surface area contributed by atoms with Crippen molar-refractivity contribution in [3.05, 3.63) is 35.6 Å². The van der Waals surface area contributed by atoms with E-state index >= 15 is 0 Å². The first-order valence-electron chi connectivity index (χ1n) is 5.81. The lowest BCUT2D eigenvalue weighted by atomic mass is 10.2. The summed E-state index contributed by atoms with van der Waals surface area (Å²) in [5.41, 5.74) is 1.09. The molecule has 2 aromatic rings. The second kappa shape index (κ2) is 5.43. The van der Waals surface area contributed by atoms with Gasteiger partial charge in [-0.2, -0.15) is 0 Å². The molecule has 0 unspecified atom stereocenters. The van der Waals surface area contributed by atoms with E-state index in [1.165, 1.54) is 24.3 Å². The van der Waals surface area contributed by atoms with Crippen LogP contribution < -0.4 is 10.6 Å². The molecule has 2 amide bonds. The Balaban J connectivity index is 2.02. The smallest absolute Gasteiger partial charge is 0.315 e. The third-order valence-corrected chi connectivity index (χ3v) is 2.53. The van der Waals surface area contributed by atoms with Gasteiger partial charge in [0.05, 0.1) is 0 Å². The van der Waals surface area contributed by atoms with Crippen LogP contribution in [0.5, 0.6) is 5.75 Å². The Morgan fingerprint density at radius 1 is 1.15 bits per heavy atom. The van der Waals surface area contributed by atoms with Crippen LogP contribution in [0.3, 0.4) is 0 Å². The topological polar surface area (TPSA) is 104 Å². The van der Waals surface area contributed by atoms with Crippen molar-refractivity contribution in [2.45, 2.75) is 13.8 Å². The highest BCUT2D eigenvalue weighted by molar-refractivity contribution is 6.43. The molecule has 1 heterocycles. The molecule has 2 rings (SSSR count). The van der Waals surface area contributed by atoms with E-state index in [-0.39, 0.29) is 11.6 Å². The monoisotopic (exact) mass is 275 g/mol. The van der Waals surface area contributed by atoms with Gasteiger partial charge in [0.1, 0.15) is 11.5 Å². The molecular weight excluding hydrogens is 262 g/mol. The van der Waals surface area contributed by atoms with Gasteiger partial charge in [-0.15, -0.1) is 0 Å². The SMILES string of the molecule is Cc1cc(NC(=O)C(=O)Nc2ccc(O)cc2C)no1. The molecule has 0 bridgehead atoms. The molecule has 1 aromatic heterocycles. The van der Waals surface area contributed by atoms with E-state index in [2.05, 4.69) is 15.8 Å². The number of nitrogens with one attached hydrogen (secondary N) is 2. The van der Waals surface area contributed by atoms with Crippen LogP contribution >= 0.6 is 0 Å². The summed E-state index contributed by atoms with van der Waals surface area (Å²) >= 11 is 0. The highest BCUT2D eigenvalue weighted by atomic mass is 16.5. The molecule has 0 aliphatic heterocycles. The number of carbonyl (C=O) groups is 2. The zero-order chi connectivity index (χ0) is 14.7. The molecule has 0 spiro atoms. The van der Waals surface area contributed by atoms with Crippen molar-refractivity contribution in [3.8, 4) is 5.75 Å². The van der Waals surface area contributed by atoms with Crippen molar-refractivity contribution < 1.29 is 19.2 Å². The minimum atomic E-state index is -0.856. The second-order valence-corrected chi connectivity index (χ2v) is 4.23. The van der Waals surface area contributed by atoms with E-state index in [9.17, 15) is 14.7 Å². The number of anilines is 2.